The smallest absolute Gasteiger partial charge is 0.269 e. The molecule has 0 unspecified atom stereocenters. The predicted molar refractivity (Wildman–Crippen MR) is 103 cm³/mol. The lowest BCUT2D eigenvalue weighted by Crippen LogP contribution is -3.13. The van der Waals surface area contributed by atoms with Gasteiger partial charge in [-0.2, -0.15) is 5.26 Å². The summed E-state index contributed by atoms with van der Waals surface area (Å²) in [5, 5.41) is 12.4. The average Bonchev–Trinajstić information content (AvgIpc) is 3.13. The highest BCUT2D eigenvalue weighted by Gasteiger charge is 2.21. The van der Waals surface area contributed by atoms with Gasteiger partial charge in [-0.15, -0.1) is 0 Å². The van der Waals surface area contributed by atoms with E-state index >= 15 is 0 Å². The van der Waals surface area contributed by atoms with Crippen LogP contribution in [0.25, 0.3) is 5.69 Å². The molecular formula is C21H27N4O2+. The number of nitrogens with one attached hydrogen (secondary N) is 2. The van der Waals surface area contributed by atoms with E-state index in [2.05, 4.69) is 11.4 Å². The number of aromatic nitrogens is 1. The number of likely N-dealkylation sites (tertiary alicyclic amines) is 1. The first-order valence-electron chi connectivity index (χ1n) is 9.70. The summed E-state index contributed by atoms with van der Waals surface area (Å²) in [6, 6.07) is 11.3. The number of nitrogens with zero attached hydrogens (tertiary/aromatic N) is 2. The largest absolute Gasteiger partial charge is 0.492 e. The number of hydrogen-bond donors (Lipinski definition) is 2. The summed E-state index contributed by atoms with van der Waals surface area (Å²) >= 11 is 0. The lowest BCUT2D eigenvalue weighted by Gasteiger charge is -2.23. The second-order valence-corrected chi connectivity index (χ2v) is 6.78. The molecule has 0 radical (unpaired) electrons. The van der Waals surface area contributed by atoms with Crippen molar-refractivity contribution in [3.63, 3.8) is 0 Å². The molecule has 3 rings (SSSR count). The highest BCUT2D eigenvalue weighted by atomic mass is 16.5. The number of benzene rings is 1. The molecular weight excluding hydrogens is 340 g/mol. The first-order chi connectivity index (χ1) is 13.2. The molecule has 1 fully saturated rings. The van der Waals surface area contributed by atoms with Gasteiger partial charge in [-0.05, 0) is 44.4 Å². The topological polar surface area (TPSA) is 71.5 Å². The Balaban J connectivity index is 1.77. The summed E-state index contributed by atoms with van der Waals surface area (Å²) in [5.41, 5.74) is 1.48. The Kier molecular flexibility index (Phi) is 6.50. The van der Waals surface area contributed by atoms with E-state index in [9.17, 15) is 10.1 Å². The number of amides is 1. The van der Waals surface area contributed by atoms with E-state index in [-0.39, 0.29) is 5.91 Å². The highest BCUT2D eigenvalue weighted by Crippen LogP contribution is 2.26. The van der Waals surface area contributed by atoms with Crippen molar-refractivity contribution in [2.45, 2.75) is 26.2 Å². The van der Waals surface area contributed by atoms with Crippen LogP contribution in [0.1, 0.15) is 42.2 Å². The summed E-state index contributed by atoms with van der Waals surface area (Å²) in [6.45, 7) is 6.34. The monoisotopic (exact) mass is 367 g/mol. The van der Waals surface area contributed by atoms with Crippen LogP contribution in [-0.4, -0.2) is 43.3 Å². The molecule has 6 nitrogen and oxygen atoms in total. The van der Waals surface area contributed by atoms with Crippen LogP contribution in [0.4, 0.5) is 0 Å². The van der Waals surface area contributed by atoms with Crippen molar-refractivity contribution in [2.24, 2.45) is 0 Å². The Hall–Kier alpha value is -2.78. The third-order valence-corrected chi connectivity index (χ3v) is 4.97. The highest BCUT2D eigenvalue weighted by molar-refractivity contribution is 5.96. The van der Waals surface area contributed by atoms with Gasteiger partial charge < -0.3 is 19.5 Å². The molecule has 1 aliphatic rings. The molecule has 2 heterocycles. The minimum Gasteiger partial charge on any atom is -0.492 e. The lowest BCUT2D eigenvalue weighted by atomic mass is 10.1. The van der Waals surface area contributed by atoms with Crippen molar-refractivity contribution in [1.29, 1.82) is 5.26 Å². The van der Waals surface area contributed by atoms with Crippen molar-refractivity contribution >= 4 is 5.91 Å². The van der Waals surface area contributed by atoms with Gasteiger partial charge in [0.05, 0.1) is 44.0 Å². The van der Waals surface area contributed by atoms with Gasteiger partial charge >= 0.3 is 0 Å². The zero-order valence-electron chi connectivity index (χ0n) is 15.8. The molecule has 0 saturated carbocycles. The van der Waals surface area contributed by atoms with Crippen molar-refractivity contribution in [2.75, 3.05) is 32.8 Å². The normalized spacial score (nSPS) is 14.5. The second kappa shape index (κ2) is 9.24. The standard InChI is InChI=1S/C21H26N4O2/c1-2-27-19-9-5-4-8-18(19)25-14-10-17(16-22)20(25)21(26)23-11-15-24-12-6-3-7-13-24/h4-5,8-10,14H,2-3,6-7,11-13,15H2,1H3,(H,23,26)/p+1. The molecule has 142 valence electrons. The molecule has 1 amide bonds. The lowest BCUT2D eigenvalue weighted by molar-refractivity contribution is -0.903. The summed E-state index contributed by atoms with van der Waals surface area (Å²) in [7, 11) is 0. The zero-order chi connectivity index (χ0) is 19.1. The molecule has 2 aromatic rings. The Morgan fingerprint density at radius 1 is 1.26 bits per heavy atom. The number of nitriles is 1. The van der Waals surface area contributed by atoms with Crippen LogP contribution < -0.4 is 15.0 Å². The van der Waals surface area contributed by atoms with Crippen LogP contribution in [0.3, 0.4) is 0 Å². The van der Waals surface area contributed by atoms with E-state index in [0.717, 1.165) is 12.2 Å². The van der Waals surface area contributed by atoms with Crippen LogP contribution in [0.5, 0.6) is 5.75 Å². The Labute approximate surface area is 160 Å². The van der Waals surface area contributed by atoms with Crippen LogP contribution in [0.2, 0.25) is 0 Å². The third kappa shape index (κ3) is 4.50. The van der Waals surface area contributed by atoms with E-state index in [0.29, 0.717) is 30.2 Å². The van der Waals surface area contributed by atoms with Gasteiger partial charge in [-0.1, -0.05) is 12.1 Å². The molecule has 1 aromatic heterocycles. The number of carbonyl (C=O) groups is 1. The quantitative estimate of drug-likeness (QED) is 0.780. The van der Waals surface area contributed by atoms with Crippen LogP contribution in [0.15, 0.2) is 36.5 Å². The number of rotatable bonds is 7. The zero-order valence-corrected chi connectivity index (χ0v) is 15.8. The minimum atomic E-state index is -0.223. The first-order valence-corrected chi connectivity index (χ1v) is 9.70. The van der Waals surface area contributed by atoms with E-state index < -0.39 is 0 Å². The maximum Gasteiger partial charge on any atom is 0.269 e. The Bertz CT molecular complexity index is 816. The van der Waals surface area contributed by atoms with Crippen LogP contribution in [-0.2, 0) is 0 Å². The van der Waals surface area contributed by atoms with Crippen molar-refractivity contribution in [3.05, 3.63) is 47.8 Å². The molecule has 0 aliphatic carbocycles. The van der Waals surface area contributed by atoms with Crippen molar-refractivity contribution in [1.82, 2.24) is 9.88 Å². The van der Waals surface area contributed by atoms with Crippen molar-refractivity contribution in [3.8, 4) is 17.5 Å². The summed E-state index contributed by atoms with van der Waals surface area (Å²) < 4.78 is 7.43. The fourth-order valence-electron chi connectivity index (χ4n) is 3.63. The number of hydrogen-bond acceptors (Lipinski definition) is 3. The number of carbonyl (C=O) groups excluding carboxylic acids is 1. The van der Waals surface area contributed by atoms with Crippen LogP contribution in [0, 0.1) is 11.3 Å². The molecule has 1 aliphatic heterocycles. The molecule has 27 heavy (non-hydrogen) atoms. The molecule has 1 saturated heterocycles. The summed E-state index contributed by atoms with van der Waals surface area (Å²) in [4.78, 5) is 14.4. The summed E-state index contributed by atoms with van der Waals surface area (Å²) in [6.07, 6.45) is 5.59. The third-order valence-electron chi connectivity index (χ3n) is 4.97. The van der Waals surface area contributed by atoms with Gasteiger partial charge in [0.15, 0.2) is 0 Å². The Morgan fingerprint density at radius 2 is 2.04 bits per heavy atom. The fraction of sp³-hybridized carbons (Fsp3) is 0.429. The fourth-order valence-corrected chi connectivity index (χ4v) is 3.63. The molecule has 0 spiro atoms. The van der Waals surface area contributed by atoms with E-state index in [1.54, 1.807) is 21.7 Å². The van der Waals surface area contributed by atoms with Crippen LogP contribution >= 0.6 is 0 Å². The SMILES string of the molecule is CCOc1ccccc1-n1ccc(C#N)c1C(=O)NCC[NH+]1CCCCC1. The minimum absolute atomic E-state index is 0.223. The second-order valence-electron chi connectivity index (χ2n) is 6.78. The van der Waals surface area contributed by atoms with E-state index in [1.807, 2.05) is 31.2 Å². The van der Waals surface area contributed by atoms with Gasteiger partial charge in [-0.3, -0.25) is 4.79 Å². The van der Waals surface area contributed by atoms with Gasteiger partial charge in [0, 0.05) is 6.20 Å². The average molecular weight is 367 g/mol. The predicted octanol–water partition coefficient (Wildman–Crippen LogP) is 1.55. The molecule has 2 N–H and O–H groups in total. The summed E-state index contributed by atoms with van der Waals surface area (Å²) in [5.74, 6) is 0.464. The van der Waals surface area contributed by atoms with E-state index in [1.165, 1.54) is 32.4 Å². The van der Waals surface area contributed by atoms with Crippen molar-refractivity contribution < 1.29 is 14.4 Å². The van der Waals surface area contributed by atoms with Gasteiger partial charge in [-0.25, -0.2) is 0 Å². The number of para-hydroxylation sites is 2. The number of ether oxygens (including phenoxy) is 1. The molecule has 1 aromatic carbocycles. The maximum atomic E-state index is 12.9. The number of quaternary nitrogens is 1. The molecule has 0 bridgehead atoms. The molecule has 0 atom stereocenters. The number of piperidine rings is 1. The van der Waals surface area contributed by atoms with Gasteiger partial charge in [0.2, 0.25) is 0 Å². The van der Waals surface area contributed by atoms with E-state index in [4.69, 9.17) is 4.74 Å². The Morgan fingerprint density at radius 3 is 2.78 bits per heavy atom. The van der Waals surface area contributed by atoms with Gasteiger partial charge in [0.25, 0.3) is 5.91 Å². The maximum absolute atomic E-state index is 12.9. The van der Waals surface area contributed by atoms with Gasteiger partial charge in [0.1, 0.15) is 17.5 Å². The molecule has 6 heteroatoms. The first kappa shape index (κ1) is 19.0.